The quantitative estimate of drug-likeness (QED) is 0.834. The Morgan fingerprint density at radius 3 is 2.84 bits per heavy atom. The standard InChI is InChI=1S/C14H17NO4/c1-2-17-13(16)14(15,9-3-4-9)10-5-6-11-12(7-10)19-8-18-11/h5-7,9H,2-4,8,15H2,1H3. The fourth-order valence-corrected chi connectivity index (χ4v) is 2.46. The molecule has 0 spiro atoms. The smallest absolute Gasteiger partial charge is 0.331 e. The Kier molecular flexibility index (Phi) is 2.86. The highest BCUT2D eigenvalue weighted by Crippen LogP contribution is 2.46. The molecule has 0 aromatic heterocycles. The van der Waals surface area contributed by atoms with Crippen LogP contribution in [0, 0.1) is 5.92 Å². The highest BCUT2D eigenvalue weighted by Gasteiger charge is 2.50. The summed E-state index contributed by atoms with van der Waals surface area (Å²) < 4.78 is 15.8. The highest BCUT2D eigenvalue weighted by atomic mass is 16.7. The average molecular weight is 263 g/mol. The number of rotatable bonds is 4. The van der Waals surface area contributed by atoms with E-state index >= 15 is 0 Å². The molecule has 1 atom stereocenters. The Hall–Kier alpha value is -1.75. The van der Waals surface area contributed by atoms with Crippen LogP contribution in [-0.4, -0.2) is 19.4 Å². The van der Waals surface area contributed by atoms with E-state index < -0.39 is 5.54 Å². The van der Waals surface area contributed by atoms with Gasteiger partial charge in [-0.3, -0.25) is 0 Å². The van der Waals surface area contributed by atoms with Gasteiger partial charge in [0.2, 0.25) is 6.79 Å². The number of benzene rings is 1. The van der Waals surface area contributed by atoms with Gasteiger partial charge in [0.05, 0.1) is 6.61 Å². The molecule has 1 aromatic carbocycles. The molecule has 0 amide bonds. The van der Waals surface area contributed by atoms with E-state index in [9.17, 15) is 4.79 Å². The molecule has 2 N–H and O–H groups in total. The zero-order valence-electron chi connectivity index (χ0n) is 10.8. The van der Waals surface area contributed by atoms with Gasteiger partial charge in [0.15, 0.2) is 11.5 Å². The van der Waals surface area contributed by atoms with E-state index in [2.05, 4.69) is 0 Å². The summed E-state index contributed by atoms with van der Waals surface area (Å²) in [5.74, 6) is 1.10. The third kappa shape index (κ3) is 1.94. The molecule has 0 saturated heterocycles. The molecule has 0 bridgehead atoms. The minimum Gasteiger partial charge on any atom is -0.464 e. The van der Waals surface area contributed by atoms with Crippen LogP contribution in [0.3, 0.4) is 0 Å². The van der Waals surface area contributed by atoms with Crippen LogP contribution in [0.1, 0.15) is 25.3 Å². The first-order valence-corrected chi connectivity index (χ1v) is 6.52. The van der Waals surface area contributed by atoms with Gasteiger partial charge in [-0.25, -0.2) is 4.79 Å². The molecular formula is C14H17NO4. The van der Waals surface area contributed by atoms with Crippen molar-refractivity contribution in [3.05, 3.63) is 23.8 Å². The lowest BCUT2D eigenvalue weighted by atomic mass is 9.86. The van der Waals surface area contributed by atoms with Gasteiger partial charge in [-0.15, -0.1) is 0 Å². The number of ether oxygens (including phenoxy) is 3. The van der Waals surface area contributed by atoms with Gasteiger partial charge in [-0.05, 0) is 43.4 Å². The molecule has 3 rings (SSSR count). The van der Waals surface area contributed by atoms with Crippen LogP contribution in [0.5, 0.6) is 11.5 Å². The summed E-state index contributed by atoms with van der Waals surface area (Å²) in [5.41, 5.74) is 6.04. The van der Waals surface area contributed by atoms with Gasteiger partial charge >= 0.3 is 5.97 Å². The molecule has 19 heavy (non-hydrogen) atoms. The van der Waals surface area contributed by atoms with Crippen molar-refractivity contribution in [3.8, 4) is 11.5 Å². The molecule has 1 aliphatic carbocycles. The summed E-state index contributed by atoms with van der Waals surface area (Å²) in [6.07, 6.45) is 1.90. The number of nitrogens with two attached hydrogens (primary N) is 1. The second-order valence-corrected chi connectivity index (χ2v) is 4.93. The average Bonchev–Trinajstić information content (AvgIpc) is 3.16. The summed E-state index contributed by atoms with van der Waals surface area (Å²) in [6, 6.07) is 5.40. The lowest BCUT2D eigenvalue weighted by Gasteiger charge is -2.27. The monoisotopic (exact) mass is 263 g/mol. The van der Waals surface area contributed by atoms with Crippen LogP contribution in [-0.2, 0) is 15.1 Å². The lowest BCUT2D eigenvalue weighted by molar-refractivity contribution is -0.151. The number of carbonyl (C=O) groups is 1. The maximum atomic E-state index is 12.2. The van der Waals surface area contributed by atoms with Gasteiger partial charge in [0.1, 0.15) is 5.54 Å². The molecule has 102 valence electrons. The van der Waals surface area contributed by atoms with E-state index in [4.69, 9.17) is 19.9 Å². The van der Waals surface area contributed by atoms with Crippen LogP contribution in [0.25, 0.3) is 0 Å². The van der Waals surface area contributed by atoms with Gasteiger partial charge in [0, 0.05) is 0 Å². The molecular weight excluding hydrogens is 246 g/mol. The van der Waals surface area contributed by atoms with Crippen molar-refractivity contribution in [1.82, 2.24) is 0 Å². The highest BCUT2D eigenvalue weighted by molar-refractivity contribution is 5.83. The van der Waals surface area contributed by atoms with Crippen molar-refractivity contribution in [2.75, 3.05) is 13.4 Å². The molecule has 1 aromatic rings. The van der Waals surface area contributed by atoms with Gasteiger partial charge < -0.3 is 19.9 Å². The van der Waals surface area contributed by atoms with E-state index in [-0.39, 0.29) is 18.7 Å². The molecule has 1 fully saturated rings. The van der Waals surface area contributed by atoms with E-state index in [0.717, 1.165) is 18.4 Å². The van der Waals surface area contributed by atoms with Crippen molar-refractivity contribution in [3.63, 3.8) is 0 Å². The summed E-state index contributed by atoms with van der Waals surface area (Å²) in [5, 5.41) is 0. The van der Waals surface area contributed by atoms with E-state index in [0.29, 0.717) is 18.1 Å². The van der Waals surface area contributed by atoms with Gasteiger partial charge in [-0.2, -0.15) is 0 Å². The normalized spacial score (nSPS) is 19.9. The minimum atomic E-state index is -1.07. The zero-order chi connectivity index (χ0) is 13.5. The van der Waals surface area contributed by atoms with E-state index in [1.807, 2.05) is 6.07 Å². The van der Waals surface area contributed by atoms with Crippen molar-refractivity contribution in [2.45, 2.75) is 25.3 Å². The number of esters is 1. The molecule has 1 heterocycles. The summed E-state index contributed by atoms with van der Waals surface area (Å²) in [7, 11) is 0. The Balaban J connectivity index is 1.98. The van der Waals surface area contributed by atoms with E-state index in [1.54, 1.807) is 19.1 Å². The van der Waals surface area contributed by atoms with Crippen molar-refractivity contribution in [2.24, 2.45) is 11.7 Å². The summed E-state index contributed by atoms with van der Waals surface area (Å²) in [4.78, 5) is 12.2. The second-order valence-electron chi connectivity index (χ2n) is 4.93. The molecule has 1 unspecified atom stereocenters. The zero-order valence-corrected chi connectivity index (χ0v) is 10.8. The lowest BCUT2D eigenvalue weighted by Crippen LogP contribution is -2.48. The van der Waals surface area contributed by atoms with Crippen molar-refractivity contribution >= 4 is 5.97 Å². The molecule has 1 aliphatic heterocycles. The molecule has 5 heteroatoms. The molecule has 1 saturated carbocycles. The summed E-state index contributed by atoms with van der Waals surface area (Å²) >= 11 is 0. The Morgan fingerprint density at radius 2 is 2.16 bits per heavy atom. The minimum absolute atomic E-state index is 0.145. The fourth-order valence-electron chi connectivity index (χ4n) is 2.46. The van der Waals surface area contributed by atoms with Crippen LogP contribution in [0.2, 0.25) is 0 Å². The fraction of sp³-hybridized carbons (Fsp3) is 0.500. The number of carbonyl (C=O) groups excluding carboxylic acids is 1. The maximum absolute atomic E-state index is 12.2. The van der Waals surface area contributed by atoms with Gasteiger partial charge in [-0.1, -0.05) is 6.07 Å². The predicted octanol–water partition coefficient (Wildman–Crippen LogP) is 1.54. The Morgan fingerprint density at radius 1 is 1.42 bits per heavy atom. The first-order valence-electron chi connectivity index (χ1n) is 6.52. The Labute approximate surface area is 111 Å². The number of hydrogen-bond donors (Lipinski definition) is 1. The SMILES string of the molecule is CCOC(=O)C(N)(c1ccc2c(c1)OCO2)C1CC1. The summed E-state index contributed by atoms with van der Waals surface area (Å²) in [6.45, 7) is 2.32. The first-order chi connectivity index (χ1) is 9.16. The topological polar surface area (TPSA) is 70.8 Å². The second kappa shape index (κ2) is 4.42. The molecule has 0 radical (unpaired) electrons. The maximum Gasteiger partial charge on any atom is 0.331 e. The third-order valence-electron chi connectivity index (χ3n) is 3.68. The van der Waals surface area contributed by atoms with Crippen molar-refractivity contribution < 1.29 is 19.0 Å². The first kappa shape index (κ1) is 12.3. The van der Waals surface area contributed by atoms with Crippen molar-refractivity contribution in [1.29, 1.82) is 0 Å². The molecule has 2 aliphatic rings. The van der Waals surface area contributed by atoms with Crippen LogP contribution in [0.15, 0.2) is 18.2 Å². The van der Waals surface area contributed by atoms with Gasteiger partial charge in [0.25, 0.3) is 0 Å². The molecule has 5 nitrogen and oxygen atoms in total. The number of hydrogen-bond acceptors (Lipinski definition) is 5. The van der Waals surface area contributed by atoms with Crippen LogP contribution in [0.4, 0.5) is 0 Å². The Bertz CT molecular complexity index is 512. The third-order valence-corrected chi connectivity index (χ3v) is 3.68. The largest absolute Gasteiger partial charge is 0.464 e. The van der Waals surface area contributed by atoms with E-state index in [1.165, 1.54) is 0 Å². The predicted molar refractivity (Wildman–Crippen MR) is 67.8 cm³/mol. The number of fused-ring (bicyclic) bond motifs is 1. The van der Waals surface area contributed by atoms with Crippen LogP contribution < -0.4 is 15.2 Å². The van der Waals surface area contributed by atoms with Crippen LogP contribution >= 0.6 is 0 Å².